The van der Waals surface area contributed by atoms with Gasteiger partial charge in [-0.2, -0.15) is 0 Å². The van der Waals surface area contributed by atoms with Gasteiger partial charge in [-0.25, -0.2) is 4.79 Å². The third-order valence-corrected chi connectivity index (χ3v) is 4.90. The minimum absolute atomic E-state index is 0.329. The monoisotopic (exact) mass is 388 g/mol. The normalized spacial score (nSPS) is 19.1. The zero-order chi connectivity index (χ0) is 21.1. The van der Waals surface area contributed by atoms with Crippen molar-refractivity contribution >= 4 is 23.7 Å². The minimum Gasteiger partial charge on any atom is -0.456 e. The molecule has 1 saturated heterocycles. The smallest absolute Gasteiger partial charge is 0.326 e. The summed E-state index contributed by atoms with van der Waals surface area (Å²) in [4.78, 5) is 49.9. The molecule has 1 aliphatic rings. The molecule has 28 heavy (non-hydrogen) atoms. The maximum absolute atomic E-state index is 12.6. The Labute approximate surface area is 165 Å². The fourth-order valence-corrected chi connectivity index (χ4v) is 3.16. The zero-order valence-electron chi connectivity index (χ0n) is 17.1. The Morgan fingerprint density at radius 2 is 1.89 bits per heavy atom. The molecule has 2 rings (SSSR count). The van der Waals surface area contributed by atoms with Crippen LogP contribution in [-0.4, -0.2) is 47.3 Å². The number of benzene rings is 1. The first kappa shape index (κ1) is 21.6. The number of hydrogen-bond acceptors (Lipinski definition) is 5. The average Bonchev–Trinajstić information content (AvgIpc) is 2.81. The molecule has 0 saturated carbocycles. The summed E-state index contributed by atoms with van der Waals surface area (Å²) in [5, 5.41) is 2.66. The standard InChI is InChI=1S/C21H28N2O5/c1-13(2)8-9-21(5)19(26)23(20(27)22-21)11-18(25)28-12-17(24)16-7-6-14(3)10-15(16)4/h6-7,10,13H,8-9,11-12H2,1-5H3,(H,22,27)/t21-/m1/s1. The van der Waals surface area contributed by atoms with E-state index in [0.29, 0.717) is 17.9 Å². The van der Waals surface area contributed by atoms with Crippen molar-refractivity contribution in [3.05, 3.63) is 34.9 Å². The Bertz CT molecular complexity index is 802. The first-order valence-corrected chi connectivity index (χ1v) is 9.43. The van der Waals surface area contributed by atoms with Gasteiger partial charge in [0, 0.05) is 5.56 Å². The lowest BCUT2D eigenvalue weighted by atomic mass is 9.92. The molecule has 0 bridgehead atoms. The van der Waals surface area contributed by atoms with Crippen molar-refractivity contribution in [2.75, 3.05) is 13.2 Å². The lowest BCUT2D eigenvalue weighted by Gasteiger charge is -2.22. The van der Waals surface area contributed by atoms with Crippen molar-refractivity contribution in [1.29, 1.82) is 0 Å². The molecule has 1 heterocycles. The summed E-state index contributed by atoms with van der Waals surface area (Å²) < 4.78 is 5.01. The molecule has 0 spiro atoms. The molecule has 1 fully saturated rings. The second-order valence-electron chi connectivity index (χ2n) is 7.99. The first-order chi connectivity index (χ1) is 13.0. The molecule has 7 heteroatoms. The van der Waals surface area contributed by atoms with Crippen LogP contribution < -0.4 is 5.32 Å². The molecule has 0 aliphatic carbocycles. The number of ether oxygens (including phenoxy) is 1. The van der Waals surface area contributed by atoms with Crippen LogP contribution in [0.3, 0.4) is 0 Å². The molecule has 152 valence electrons. The van der Waals surface area contributed by atoms with Gasteiger partial charge in [0.15, 0.2) is 6.61 Å². The van der Waals surface area contributed by atoms with E-state index in [9.17, 15) is 19.2 Å². The number of ketones is 1. The van der Waals surface area contributed by atoms with Crippen molar-refractivity contribution in [2.45, 2.75) is 53.0 Å². The van der Waals surface area contributed by atoms with E-state index in [1.807, 2.05) is 39.8 Å². The van der Waals surface area contributed by atoms with Gasteiger partial charge in [0.1, 0.15) is 12.1 Å². The highest BCUT2D eigenvalue weighted by molar-refractivity contribution is 6.08. The molecule has 1 N–H and O–H groups in total. The van der Waals surface area contributed by atoms with E-state index >= 15 is 0 Å². The summed E-state index contributed by atoms with van der Waals surface area (Å²) in [7, 11) is 0. The van der Waals surface area contributed by atoms with Gasteiger partial charge in [-0.1, -0.05) is 37.6 Å². The summed E-state index contributed by atoms with van der Waals surface area (Å²) in [6.45, 7) is 8.52. The number of amides is 3. The lowest BCUT2D eigenvalue weighted by Crippen LogP contribution is -2.44. The van der Waals surface area contributed by atoms with Crippen LogP contribution in [0.25, 0.3) is 0 Å². The fraction of sp³-hybridized carbons (Fsp3) is 0.524. The molecule has 0 unspecified atom stereocenters. The van der Waals surface area contributed by atoms with Crippen LogP contribution in [0.2, 0.25) is 0 Å². The Morgan fingerprint density at radius 3 is 2.50 bits per heavy atom. The number of rotatable bonds is 8. The number of carbonyl (C=O) groups is 4. The quantitative estimate of drug-likeness (QED) is 0.420. The third kappa shape index (κ3) is 4.97. The summed E-state index contributed by atoms with van der Waals surface area (Å²) >= 11 is 0. The lowest BCUT2D eigenvalue weighted by molar-refractivity contribution is -0.146. The summed E-state index contributed by atoms with van der Waals surface area (Å²) in [5.74, 6) is -1.19. The van der Waals surface area contributed by atoms with Gasteiger partial charge in [0.05, 0.1) is 0 Å². The van der Waals surface area contributed by atoms with Crippen LogP contribution >= 0.6 is 0 Å². The number of urea groups is 1. The van der Waals surface area contributed by atoms with Crippen molar-refractivity contribution in [1.82, 2.24) is 10.2 Å². The fourth-order valence-electron chi connectivity index (χ4n) is 3.16. The van der Waals surface area contributed by atoms with E-state index in [0.717, 1.165) is 22.4 Å². The first-order valence-electron chi connectivity index (χ1n) is 9.43. The summed E-state index contributed by atoms with van der Waals surface area (Å²) in [5.41, 5.74) is 1.30. The molecular weight excluding hydrogens is 360 g/mol. The molecule has 0 radical (unpaired) electrons. The van der Waals surface area contributed by atoms with Crippen LogP contribution in [0.15, 0.2) is 18.2 Å². The second kappa shape index (κ2) is 8.54. The van der Waals surface area contributed by atoms with Gasteiger partial charge in [-0.3, -0.25) is 19.3 Å². The predicted octanol–water partition coefficient (Wildman–Crippen LogP) is 2.78. The van der Waals surface area contributed by atoms with E-state index < -0.39 is 36.6 Å². The molecule has 1 aromatic rings. The van der Waals surface area contributed by atoms with E-state index in [4.69, 9.17) is 4.74 Å². The number of hydrogen-bond donors (Lipinski definition) is 1. The van der Waals surface area contributed by atoms with Crippen molar-refractivity contribution in [2.24, 2.45) is 5.92 Å². The number of Topliss-reactive ketones (excluding diaryl/α,β-unsaturated/α-hetero) is 1. The van der Waals surface area contributed by atoms with Crippen molar-refractivity contribution < 1.29 is 23.9 Å². The minimum atomic E-state index is -1.02. The van der Waals surface area contributed by atoms with Crippen molar-refractivity contribution in [3.8, 4) is 0 Å². The van der Waals surface area contributed by atoms with Crippen LogP contribution in [0.5, 0.6) is 0 Å². The van der Waals surface area contributed by atoms with Crippen LogP contribution in [0.1, 0.15) is 55.1 Å². The molecule has 1 aliphatic heterocycles. The maximum atomic E-state index is 12.6. The van der Waals surface area contributed by atoms with Crippen molar-refractivity contribution in [3.63, 3.8) is 0 Å². The number of imide groups is 1. The molecule has 3 amide bonds. The Morgan fingerprint density at radius 1 is 1.21 bits per heavy atom. The van der Waals surface area contributed by atoms with Gasteiger partial charge >= 0.3 is 12.0 Å². The topological polar surface area (TPSA) is 92.8 Å². The van der Waals surface area contributed by atoms with E-state index in [-0.39, 0.29) is 5.78 Å². The average molecular weight is 388 g/mol. The summed E-state index contributed by atoms with van der Waals surface area (Å²) in [6.07, 6.45) is 1.26. The highest BCUT2D eigenvalue weighted by atomic mass is 16.5. The summed E-state index contributed by atoms with van der Waals surface area (Å²) in [6, 6.07) is 4.76. The van der Waals surface area contributed by atoms with E-state index in [1.165, 1.54) is 0 Å². The largest absolute Gasteiger partial charge is 0.456 e. The molecule has 7 nitrogen and oxygen atoms in total. The second-order valence-corrected chi connectivity index (χ2v) is 7.99. The van der Waals surface area contributed by atoms with Crippen LogP contribution in [0.4, 0.5) is 4.79 Å². The van der Waals surface area contributed by atoms with E-state index in [1.54, 1.807) is 13.0 Å². The number of nitrogens with zero attached hydrogens (tertiary/aromatic N) is 1. The van der Waals surface area contributed by atoms with Gasteiger partial charge in [0.25, 0.3) is 5.91 Å². The van der Waals surface area contributed by atoms with Gasteiger partial charge < -0.3 is 10.1 Å². The SMILES string of the molecule is Cc1ccc(C(=O)COC(=O)CN2C(=O)N[C@](C)(CCC(C)C)C2=O)c(C)c1. The molecule has 1 aromatic carbocycles. The molecule has 1 atom stereocenters. The highest BCUT2D eigenvalue weighted by Gasteiger charge is 2.48. The van der Waals surface area contributed by atoms with Gasteiger partial charge in [0.2, 0.25) is 5.78 Å². The number of esters is 1. The molecule has 0 aromatic heterocycles. The van der Waals surface area contributed by atoms with Crippen LogP contribution in [0, 0.1) is 19.8 Å². The highest BCUT2D eigenvalue weighted by Crippen LogP contribution is 2.24. The third-order valence-electron chi connectivity index (χ3n) is 4.90. The number of nitrogens with one attached hydrogen (secondary N) is 1. The predicted molar refractivity (Wildman–Crippen MR) is 104 cm³/mol. The maximum Gasteiger partial charge on any atom is 0.326 e. The Balaban J connectivity index is 1.93. The number of aryl methyl sites for hydroxylation is 2. The Kier molecular flexibility index (Phi) is 6.59. The molecular formula is C21H28N2O5. The number of carbonyl (C=O) groups excluding carboxylic acids is 4. The Hall–Kier alpha value is -2.70. The zero-order valence-corrected chi connectivity index (χ0v) is 17.1. The van der Waals surface area contributed by atoms with Gasteiger partial charge in [-0.15, -0.1) is 0 Å². The van der Waals surface area contributed by atoms with Gasteiger partial charge in [-0.05, 0) is 45.1 Å². The van der Waals surface area contributed by atoms with E-state index in [2.05, 4.69) is 5.32 Å². The van der Waals surface area contributed by atoms with Crippen LogP contribution in [-0.2, 0) is 14.3 Å².